The summed E-state index contributed by atoms with van der Waals surface area (Å²) in [6.07, 6.45) is 3.25. The number of nitrogens with zero attached hydrogens (tertiary/aromatic N) is 1. The number of hydrogen-bond donors (Lipinski definition) is 0. The fourth-order valence-corrected chi connectivity index (χ4v) is 4.12. The molecule has 0 unspecified atom stereocenters. The highest BCUT2D eigenvalue weighted by Crippen LogP contribution is 2.16. The minimum absolute atomic E-state index is 0.553. The summed E-state index contributed by atoms with van der Waals surface area (Å²) in [6, 6.07) is 9.13. The zero-order valence-electron chi connectivity index (χ0n) is 10.8. The standard InChI is InChI=1S/C14H20BrNOS/c1-16(14-6-9-18(17)10-7-14)8-5-12-3-2-4-13(15)11-12/h2-4,11,14H,5-10H2,1H3. The predicted octanol–water partition coefficient (Wildman–Crippen LogP) is 2.83. The maximum Gasteiger partial charge on any atom is 0.0249 e. The summed E-state index contributed by atoms with van der Waals surface area (Å²) in [4.78, 5) is 2.43. The van der Waals surface area contributed by atoms with Gasteiger partial charge >= 0.3 is 0 Å². The first-order chi connectivity index (χ1) is 8.65. The van der Waals surface area contributed by atoms with E-state index in [9.17, 15) is 4.21 Å². The van der Waals surface area contributed by atoms with E-state index in [-0.39, 0.29) is 0 Å². The molecule has 0 radical (unpaired) electrons. The molecule has 1 aromatic carbocycles. The smallest absolute Gasteiger partial charge is 0.0249 e. The van der Waals surface area contributed by atoms with Crippen molar-refractivity contribution in [2.24, 2.45) is 0 Å². The number of rotatable bonds is 4. The van der Waals surface area contributed by atoms with Crippen LogP contribution in [0.3, 0.4) is 0 Å². The Morgan fingerprint density at radius 2 is 2.11 bits per heavy atom. The second-order valence-corrected chi connectivity index (χ2v) is 7.55. The molecule has 2 rings (SSSR count). The van der Waals surface area contributed by atoms with E-state index >= 15 is 0 Å². The van der Waals surface area contributed by atoms with Gasteiger partial charge < -0.3 is 4.90 Å². The molecule has 18 heavy (non-hydrogen) atoms. The van der Waals surface area contributed by atoms with Crippen LogP contribution in [0.4, 0.5) is 0 Å². The van der Waals surface area contributed by atoms with Crippen molar-refractivity contribution in [1.29, 1.82) is 0 Å². The summed E-state index contributed by atoms with van der Waals surface area (Å²) >= 11 is 3.50. The molecule has 0 aromatic heterocycles. The lowest BCUT2D eigenvalue weighted by atomic mass is 10.1. The highest BCUT2D eigenvalue weighted by atomic mass is 79.9. The van der Waals surface area contributed by atoms with Crippen LogP contribution >= 0.6 is 15.9 Å². The van der Waals surface area contributed by atoms with Gasteiger partial charge in [0.2, 0.25) is 0 Å². The average molecular weight is 330 g/mol. The lowest BCUT2D eigenvalue weighted by Crippen LogP contribution is -2.38. The van der Waals surface area contributed by atoms with Crippen LogP contribution < -0.4 is 0 Å². The Kier molecular flexibility index (Phi) is 5.39. The van der Waals surface area contributed by atoms with E-state index in [1.807, 2.05) is 0 Å². The average Bonchev–Trinajstić information content (AvgIpc) is 2.37. The van der Waals surface area contributed by atoms with Gasteiger partial charge in [0.25, 0.3) is 0 Å². The molecule has 0 saturated carbocycles. The predicted molar refractivity (Wildman–Crippen MR) is 81.4 cm³/mol. The summed E-state index contributed by atoms with van der Waals surface area (Å²) < 4.78 is 12.5. The van der Waals surface area contributed by atoms with E-state index in [2.05, 4.69) is 52.1 Å². The Morgan fingerprint density at radius 1 is 1.39 bits per heavy atom. The van der Waals surface area contributed by atoms with Gasteiger partial charge in [0.05, 0.1) is 0 Å². The molecule has 100 valence electrons. The van der Waals surface area contributed by atoms with E-state index in [0.29, 0.717) is 6.04 Å². The third-order valence-corrected chi connectivity index (χ3v) is 5.50. The fourth-order valence-electron chi connectivity index (χ4n) is 2.40. The fraction of sp³-hybridized carbons (Fsp3) is 0.571. The van der Waals surface area contributed by atoms with Gasteiger partial charge in [-0.2, -0.15) is 0 Å². The molecular formula is C14H20BrNOS. The Balaban J connectivity index is 1.81. The molecule has 1 aliphatic heterocycles. The molecule has 2 nitrogen and oxygen atoms in total. The molecule has 0 atom stereocenters. The molecule has 1 heterocycles. The van der Waals surface area contributed by atoms with Gasteiger partial charge in [-0.3, -0.25) is 4.21 Å². The van der Waals surface area contributed by atoms with Gasteiger partial charge in [0, 0.05) is 39.4 Å². The maximum absolute atomic E-state index is 11.3. The van der Waals surface area contributed by atoms with Crippen molar-refractivity contribution in [3.63, 3.8) is 0 Å². The first-order valence-corrected chi connectivity index (χ1v) is 8.73. The van der Waals surface area contributed by atoms with Crippen LogP contribution in [0.5, 0.6) is 0 Å². The van der Waals surface area contributed by atoms with Crippen molar-refractivity contribution >= 4 is 26.7 Å². The van der Waals surface area contributed by atoms with Crippen molar-refractivity contribution in [1.82, 2.24) is 4.90 Å². The third-order valence-electron chi connectivity index (χ3n) is 3.62. The molecular weight excluding hydrogens is 310 g/mol. The summed E-state index contributed by atoms with van der Waals surface area (Å²) in [7, 11) is 1.64. The van der Waals surface area contributed by atoms with Crippen molar-refractivity contribution in [2.75, 3.05) is 25.1 Å². The first-order valence-electron chi connectivity index (χ1n) is 6.45. The maximum atomic E-state index is 11.3. The first kappa shape index (κ1) is 14.2. The third kappa shape index (κ3) is 4.18. The summed E-state index contributed by atoms with van der Waals surface area (Å²) in [5.41, 5.74) is 1.37. The SMILES string of the molecule is CN(CCc1cccc(Br)c1)C1CCS(=O)CC1. The van der Waals surface area contributed by atoms with Crippen LogP contribution in [0, 0.1) is 0 Å². The van der Waals surface area contributed by atoms with E-state index in [0.717, 1.165) is 41.8 Å². The van der Waals surface area contributed by atoms with Crippen LogP contribution in [0.1, 0.15) is 18.4 Å². The number of hydrogen-bond acceptors (Lipinski definition) is 2. The van der Waals surface area contributed by atoms with E-state index in [4.69, 9.17) is 0 Å². The lowest BCUT2D eigenvalue weighted by molar-refractivity contribution is 0.230. The zero-order chi connectivity index (χ0) is 13.0. The highest BCUT2D eigenvalue weighted by Gasteiger charge is 2.20. The van der Waals surface area contributed by atoms with Gasteiger partial charge in [-0.1, -0.05) is 28.1 Å². The molecule has 0 amide bonds. The zero-order valence-corrected chi connectivity index (χ0v) is 13.2. The topological polar surface area (TPSA) is 20.3 Å². The van der Waals surface area contributed by atoms with Crippen LogP contribution in [0.15, 0.2) is 28.7 Å². The van der Waals surface area contributed by atoms with E-state index in [1.165, 1.54) is 5.56 Å². The summed E-state index contributed by atoms with van der Waals surface area (Å²) in [6.45, 7) is 1.08. The van der Waals surface area contributed by atoms with Crippen molar-refractivity contribution < 1.29 is 4.21 Å². The Hall–Kier alpha value is -0.190. The van der Waals surface area contributed by atoms with Crippen molar-refractivity contribution in [3.05, 3.63) is 34.3 Å². The Morgan fingerprint density at radius 3 is 2.78 bits per heavy atom. The molecule has 0 bridgehead atoms. The molecule has 0 spiro atoms. The monoisotopic (exact) mass is 329 g/mol. The highest BCUT2D eigenvalue weighted by molar-refractivity contribution is 9.10. The lowest BCUT2D eigenvalue weighted by Gasteiger charge is -2.30. The number of benzene rings is 1. The van der Waals surface area contributed by atoms with Gasteiger partial charge in [0.1, 0.15) is 0 Å². The normalized spacial score (nSPS) is 24.4. The molecule has 1 saturated heterocycles. The minimum Gasteiger partial charge on any atom is -0.303 e. The minimum atomic E-state index is -0.553. The quantitative estimate of drug-likeness (QED) is 0.846. The molecule has 4 heteroatoms. The van der Waals surface area contributed by atoms with Gasteiger partial charge in [0.15, 0.2) is 0 Å². The molecule has 1 aliphatic rings. The second kappa shape index (κ2) is 6.83. The summed E-state index contributed by atoms with van der Waals surface area (Å²) in [5, 5.41) is 0. The van der Waals surface area contributed by atoms with Crippen LogP contribution in [-0.2, 0) is 17.2 Å². The number of halogens is 1. The van der Waals surface area contributed by atoms with Gasteiger partial charge in [-0.15, -0.1) is 0 Å². The van der Waals surface area contributed by atoms with Gasteiger partial charge in [-0.25, -0.2) is 0 Å². The van der Waals surface area contributed by atoms with Crippen molar-refractivity contribution in [3.8, 4) is 0 Å². The van der Waals surface area contributed by atoms with E-state index < -0.39 is 10.8 Å². The number of likely N-dealkylation sites (N-methyl/N-ethyl adjacent to an activating group) is 1. The Bertz CT molecular complexity index is 414. The Labute approximate surface area is 120 Å². The largest absolute Gasteiger partial charge is 0.303 e. The van der Waals surface area contributed by atoms with E-state index in [1.54, 1.807) is 0 Å². The second-order valence-electron chi connectivity index (χ2n) is 4.94. The molecule has 1 aromatic rings. The van der Waals surface area contributed by atoms with Crippen LogP contribution in [0.2, 0.25) is 0 Å². The van der Waals surface area contributed by atoms with Gasteiger partial charge in [-0.05, 0) is 44.0 Å². The molecule has 0 N–H and O–H groups in total. The summed E-state index contributed by atoms with van der Waals surface area (Å²) in [5.74, 6) is 1.76. The van der Waals surface area contributed by atoms with Crippen LogP contribution in [0.25, 0.3) is 0 Å². The van der Waals surface area contributed by atoms with Crippen molar-refractivity contribution in [2.45, 2.75) is 25.3 Å². The molecule has 0 aliphatic carbocycles. The van der Waals surface area contributed by atoms with Crippen LogP contribution in [-0.4, -0.2) is 40.2 Å². The molecule has 1 fully saturated rings.